The Kier molecular flexibility index (Phi) is 9.59. The predicted molar refractivity (Wildman–Crippen MR) is 268 cm³/mol. The summed E-state index contributed by atoms with van der Waals surface area (Å²) in [5.74, 6) is 0. The van der Waals surface area contributed by atoms with E-state index in [-0.39, 0.29) is 16.7 Å². The topological polar surface area (TPSA) is 59.4 Å². The molecule has 322 valence electrons. The van der Waals surface area contributed by atoms with Gasteiger partial charge in [-0.05, 0) is 78.4 Å². The number of aromatic nitrogens is 4. The molecular formula is C60H36F3N5. The first kappa shape index (κ1) is 40.4. The molecule has 0 aliphatic rings. The standard InChI is InChI=1S/C60H36F3N5/c61-60(62,63)49-22-10-7-19-42(49)45-31-34-58(67-54-27-11-8-20-43(54)46-35-40(29-32-56(46)67)52-25-13-23-50(65-52)38-15-3-1-4-16-38)48(37-64)59(45)68-55-28-12-9-21-44(55)47-36-41(30-33-57(47)68)53-26-14-24-51(66-53)39-17-5-2-6-18-39/h1-36H. The van der Waals surface area contributed by atoms with Crippen LogP contribution in [0.5, 0.6) is 0 Å². The Morgan fingerprint density at radius 1 is 0.382 bits per heavy atom. The third-order valence-corrected chi connectivity index (χ3v) is 12.8. The molecule has 8 aromatic carbocycles. The van der Waals surface area contributed by atoms with E-state index in [1.54, 1.807) is 18.2 Å². The Bertz CT molecular complexity index is 3970. The lowest BCUT2D eigenvalue weighted by Gasteiger charge is -2.22. The van der Waals surface area contributed by atoms with Crippen LogP contribution < -0.4 is 0 Å². The van der Waals surface area contributed by atoms with Crippen LogP contribution in [0, 0.1) is 11.3 Å². The largest absolute Gasteiger partial charge is 0.417 e. The van der Waals surface area contributed by atoms with Crippen LogP contribution in [0.1, 0.15) is 11.1 Å². The summed E-state index contributed by atoms with van der Waals surface area (Å²) in [6.07, 6.45) is -4.67. The lowest BCUT2D eigenvalue weighted by atomic mass is 9.94. The SMILES string of the molecule is N#Cc1c(-n2c3ccccc3c3cc(-c4cccc(-c5ccccc5)n4)ccc32)ccc(-c2ccccc2C(F)(F)F)c1-n1c2ccccc2c2cc(-c3cccc(-c4ccccc4)n3)ccc21. The van der Waals surface area contributed by atoms with E-state index in [1.807, 2.05) is 168 Å². The molecule has 5 nitrogen and oxygen atoms in total. The first-order valence-corrected chi connectivity index (χ1v) is 22.2. The van der Waals surface area contributed by atoms with Crippen molar-refractivity contribution in [2.75, 3.05) is 0 Å². The van der Waals surface area contributed by atoms with E-state index in [0.717, 1.165) is 94.7 Å². The molecule has 0 aliphatic heterocycles. The van der Waals surface area contributed by atoms with Gasteiger partial charge < -0.3 is 9.13 Å². The number of nitriles is 1. The first-order valence-electron chi connectivity index (χ1n) is 22.2. The average molecular weight is 884 g/mol. The van der Waals surface area contributed by atoms with Crippen molar-refractivity contribution < 1.29 is 13.2 Å². The predicted octanol–water partition coefficient (Wildman–Crippen LogP) is 15.9. The van der Waals surface area contributed by atoms with Gasteiger partial charge in [0.25, 0.3) is 0 Å². The Morgan fingerprint density at radius 3 is 1.38 bits per heavy atom. The average Bonchev–Trinajstić information content (AvgIpc) is 3.90. The molecule has 12 aromatic rings. The maximum atomic E-state index is 15.1. The van der Waals surface area contributed by atoms with Crippen molar-refractivity contribution in [2.24, 2.45) is 0 Å². The first-order chi connectivity index (χ1) is 33.3. The molecule has 8 heteroatoms. The maximum absolute atomic E-state index is 15.1. The Labute approximate surface area is 388 Å². The highest BCUT2D eigenvalue weighted by atomic mass is 19.4. The summed E-state index contributed by atoms with van der Waals surface area (Å²) in [7, 11) is 0. The number of hydrogen-bond donors (Lipinski definition) is 0. The van der Waals surface area contributed by atoms with Gasteiger partial charge in [-0.15, -0.1) is 0 Å². The molecule has 4 aromatic heterocycles. The highest BCUT2D eigenvalue weighted by Crippen LogP contribution is 2.46. The fraction of sp³-hybridized carbons (Fsp3) is 0.0167. The second-order valence-electron chi connectivity index (χ2n) is 16.7. The zero-order chi connectivity index (χ0) is 45.9. The molecule has 0 bridgehead atoms. The Morgan fingerprint density at radius 2 is 0.838 bits per heavy atom. The van der Waals surface area contributed by atoms with E-state index < -0.39 is 11.7 Å². The van der Waals surface area contributed by atoms with Crippen LogP contribution in [-0.4, -0.2) is 19.1 Å². The minimum Gasteiger partial charge on any atom is -0.308 e. The summed E-state index contributed by atoms with van der Waals surface area (Å²) in [6.45, 7) is 0. The number of para-hydroxylation sites is 2. The number of benzene rings is 8. The monoisotopic (exact) mass is 883 g/mol. The highest BCUT2D eigenvalue weighted by molar-refractivity contribution is 6.13. The van der Waals surface area contributed by atoms with Crippen molar-refractivity contribution >= 4 is 43.6 Å². The van der Waals surface area contributed by atoms with Crippen LogP contribution >= 0.6 is 0 Å². The second kappa shape index (κ2) is 16.1. The van der Waals surface area contributed by atoms with Gasteiger partial charge in [0, 0.05) is 49.4 Å². The molecule has 0 saturated heterocycles. The fourth-order valence-corrected chi connectivity index (χ4v) is 9.79. The van der Waals surface area contributed by atoms with Gasteiger partial charge in [0.1, 0.15) is 11.6 Å². The van der Waals surface area contributed by atoms with Gasteiger partial charge in [-0.2, -0.15) is 18.4 Å². The fourth-order valence-electron chi connectivity index (χ4n) is 9.79. The molecule has 0 radical (unpaired) electrons. The molecular weight excluding hydrogens is 848 g/mol. The van der Waals surface area contributed by atoms with Crippen molar-refractivity contribution in [3.8, 4) is 73.6 Å². The highest BCUT2D eigenvalue weighted by Gasteiger charge is 2.35. The van der Waals surface area contributed by atoms with Gasteiger partial charge in [-0.25, -0.2) is 9.97 Å². The second-order valence-corrected chi connectivity index (χ2v) is 16.7. The van der Waals surface area contributed by atoms with E-state index >= 15 is 13.2 Å². The van der Waals surface area contributed by atoms with Crippen molar-refractivity contribution in [1.29, 1.82) is 5.26 Å². The van der Waals surface area contributed by atoms with Crippen molar-refractivity contribution in [1.82, 2.24) is 19.1 Å². The van der Waals surface area contributed by atoms with Crippen LogP contribution in [-0.2, 0) is 6.18 Å². The molecule has 0 fully saturated rings. The number of nitrogens with zero attached hydrogens (tertiary/aromatic N) is 5. The maximum Gasteiger partial charge on any atom is 0.417 e. The molecule has 0 spiro atoms. The van der Waals surface area contributed by atoms with E-state index in [1.165, 1.54) is 12.1 Å². The van der Waals surface area contributed by atoms with Gasteiger partial charge in [0.2, 0.25) is 0 Å². The molecule has 0 atom stereocenters. The Hall–Kier alpha value is -9.06. The zero-order valence-electron chi connectivity index (χ0n) is 36.2. The molecule has 4 heterocycles. The van der Waals surface area contributed by atoms with Crippen LogP contribution in [0.15, 0.2) is 218 Å². The minimum atomic E-state index is -4.67. The van der Waals surface area contributed by atoms with Gasteiger partial charge in [0.15, 0.2) is 0 Å². The Balaban J connectivity index is 1.11. The molecule has 0 saturated carbocycles. The third kappa shape index (κ3) is 6.71. The minimum absolute atomic E-state index is 0.0281. The number of rotatable bonds is 7. The van der Waals surface area contributed by atoms with Crippen LogP contribution in [0.4, 0.5) is 13.2 Å². The van der Waals surface area contributed by atoms with Gasteiger partial charge in [-0.1, -0.05) is 146 Å². The van der Waals surface area contributed by atoms with Crippen LogP contribution in [0.2, 0.25) is 0 Å². The van der Waals surface area contributed by atoms with E-state index in [0.29, 0.717) is 11.4 Å². The number of fused-ring (bicyclic) bond motifs is 6. The summed E-state index contributed by atoms with van der Waals surface area (Å²) in [4.78, 5) is 10.1. The molecule has 0 aliphatic carbocycles. The van der Waals surface area contributed by atoms with Gasteiger partial charge in [-0.3, -0.25) is 0 Å². The molecule has 0 N–H and O–H groups in total. The normalized spacial score (nSPS) is 11.7. The summed E-state index contributed by atoms with van der Waals surface area (Å²) in [5.41, 5.74) is 10.8. The van der Waals surface area contributed by atoms with E-state index in [2.05, 4.69) is 28.8 Å². The van der Waals surface area contributed by atoms with Crippen LogP contribution in [0.25, 0.3) is 111 Å². The lowest BCUT2D eigenvalue weighted by Crippen LogP contribution is -2.10. The smallest absolute Gasteiger partial charge is 0.308 e. The van der Waals surface area contributed by atoms with E-state index in [4.69, 9.17) is 9.97 Å². The van der Waals surface area contributed by atoms with Crippen molar-refractivity contribution in [3.63, 3.8) is 0 Å². The molecule has 68 heavy (non-hydrogen) atoms. The van der Waals surface area contributed by atoms with Crippen molar-refractivity contribution in [2.45, 2.75) is 6.18 Å². The quantitative estimate of drug-likeness (QED) is 0.160. The van der Waals surface area contributed by atoms with Gasteiger partial charge in [0.05, 0.1) is 61.8 Å². The summed E-state index contributed by atoms with van der Waals surface area (Å²) < 4.78 is 49.2. The number of alkyl halides is 3. The zero-order valence-corrected chi connectivity index (χ0v) is 36.2. The summed E-state index contributed by atoms with van der Waals surface area (Å²) in [5, 5.41) is 15.2. The number of hydrogen-bond acceptors (Lipinski definition) is 3. The van der Waals surface area contributed by atoms with Crippen LogP contribution in [0.3, 0.4) is 0 Å². The molecule has 0 amide bonds. The number of halogens is 3. The third-order valence-electron chi connectivity index (χ3n) is 12.8. The summed E-state index contributed by atoms with van der Waals surface area (Å²) in [6, 6.07) is 71.8. The molecule has 12 rings (SSSR count). The number of pyridine rings is 2. The van der Waals surface area contributed by atoms with Gasteiger partial charge >= 0.3 is 6.18 Å². The summed E-state index contributed by atoms with van der Waals surface area (Å²) >= 11 is 0. The van der Waals surface area contributed by atoms with Crippen molar-refractivity contribution in [3.05, 3.63) is 230 Å². The molecule has 0 unspecified atom stereocenters. The van der Waals surface area contributed by atoms with E-state index in [9.17, 15) is 5.26 Å². The lowest BCUT2D eigenvalue weighted by molar-refractivity contribution is -0.137.